The number of likely N-dealkylation sites (N-methyl/N-ethyl adjacent to an activating group) is 1. The molecular formula is C12H23N5O2S. The van der Waals surface area contributed by atoms with Crippen LogP contribution in [0.3, 0.4) is 0 Å². The van der Waals surface area contributed by atoms with Gasteiger partial charge in [-0.05, 0) is 26.3 Å². The zero-order chi connectivity index (χ0) is 14.8. The lowest BCUT2D eigenvalue weighted by molar-refractivity contribution is 0.282. The lowest BCUT2D eigenvalue weighted by Gasteiger charge is -2.19. The van der Waals surface area contributed by atoms with E-state index in [0.717, 1.165) is 13.1 Å². The maximum atomic E-state index is 12.2. The maximum absolute atomic E-state index is 12.2. The number of nitrogens with two attached hydrogens (primary N) is 1. The number of H-pyrrole nitrogens is 1. The molecule has 0 saturated heterocycles. The van der Waals surface area contributed by atoms with Gasteiger partial charge in [0.05, 0.1) is 0 Å². The lowest BCUT2D eigenvalue weighted by Crippen LogP contribution is -2.36. The number of sulfonamides is 1. The molecule has 0 spiro atoms. The first-order valence-electron chi connectivity index (χ1n) is 6.97. The first-order chi connectivity index (χ1) is 9.49. The Balaban J connectivity index is 1.96. The van der Waals surface area contributed by atoms with Crippen molar-refractivity contribution in [1.29, 1.82) is 0 Å². The topological polar surface area (TPSA) is 104 Å². The smallest absolute Gasteiger partial charge is 0.260 e. The summed E-state index contributed by atoms with van der Waals surface area (Å²) >= 11 is 0. The van der Waals surface area contributed by atoms with E-state index >= 15 is 0 Å². The van der Waals surface area contributed by atoms with Crippen LogP contribution in [0.4, 0.5) is 0 Å². The summed E-state index contributed by atoms with van der Waals surface area (Å²) in [6.45, 7) is 6.07. The summed E-state index contributed by atoms with van der Waals surface area (Å²) in [5.41, 5.74) is 6.82. The van der Waals surface area contributed by atoms with E-state index in [-0.39, 0.29) is 11.6 Å². The number of hydrogen-bond donors (Lipinski definition) is 3. The third-order valence-corrected chi connectivity index (χ3v) is 5.09. The van der Waals surface area contributed by atoms with Crippen LogP contribution in [-0.2, 0) is 16.6 Å². The van der Waals surface area contributed by atoms with Gasteiger partial charge in [-0.1, -0.05) is 6.92 Å². The van der Waals surface area contributed by atoms with Gasteiger partial charge in [0.2, 0.25) is 0 Å². The fourth-order valence-electron chi connectivity index (χ4n) is 2.32. The molecule has 0 aromatic carbocycles. The van der Waals surface area contributed by atoms with E-state index in [0.29, 0.717) is 23.8 Å². The first kappa shape index (κ1) is 15.4. The summed E-state index contributed by atoms with van der Waals surface area (Å²) in [4.78, 5) is 2.29. The lowest BCUT2D eigenvalue weighted by atomic mass is 10.3. The molecule has 114 valence electrons. The van der Waals surface area contributed by atoms with Gasteiger partial charge in [0.25, 0.3) is 10.0 Å². The molecule has 0 radical (unpaired) electrons. The van der Waals surface area contributed by atoms with E-state index in [2.05, 4.69) is 26.7 Å². The summed E-state index contributed by atoms with van der Waals surface area (Å²) in [5.74, 6) is 0. The van der Waals surface area contributed by atoms with Gasteiger partial charge in [-0.15, -0.1) is 0 Å². The summed E-state index contributed by atoms with van der Waals surface area (Å²) in [6, 6.07) is 0.636. The summed E-state index contributed by atoms with van der Waals surface area (Å²) in [5, 5.41) is 6.55. The fourth-order valence-corrected chi connectivity index (χ4v) is 3.55. The third-order valence-electron chi connectivity index (χ3n) is 3.66. The van der Waals surface area contributed by atoms with E-state index in [1.807, 2.05) is 0 Å². The van der Waals surface area contributed by atoms with Gasteiger partial charge in [0, 0.05) is 36.9 Å². The molecule has 1 aromatic heterocycles. The molecule has 8 heteroatoms. The van der Waals surface area contributed by atoms with Gasteiger partial charge in [0.15, 0.2) is 5.03 Å². The van der Waals surface area contributed by atoms with Crippen molar-refractivity contribution < 1.29 is 8.42 Å². The number of aryl methyl sites for hydroxylation is 1. The largest absolute Gasteiger partial charge is 0.326 e. The number of hydrogen-bond acceptors (Lipinski definition) is 5. The van der Waals surface area contributed by atoms with Crippen LogP contribution in [0.15, 0.2) is 5.03 Å². The molecule has 1 fully saturated rings. The van der Waals surface area contributed by atoms with Crippen LogP contribution in [0.2, 0.25) is 0 Å². The number of aromatic amines is 1. The van der Waals surface area contributed by atoms with Gasteiger partial charge in [-0.2, -0.15) is 5.10 Å². The Morgan fingerprint density at radius 2 is 2.20 bits per heavy atom. The molecule has 1 aromatic rings. The van der Waals surface area contributed by atoms with Crippen molar-refractivity contribution in [3.8, 4) is 0 Å². The highest BCUT2D eigenvalue weighted by Crippen LogP contribution is 2.25. The standard InChI is InChI=1S/C12H23N5O2S/c1-3-17(10-4-5-10)7-6-14-20(18,19)12-11(8-13)9(2)15-16-12/h10,14H,3-8,13H2,1-2H3,(H,15,16). The first-order valence-corrected chi connectivity index (χ1v) is 8.45. The maximum Gasteiger partial charge on any atom is 0.260 e. The Hall–Kier alpha value is -0.960. The second-order valence-corrected chi connectivity index (χ2v) is 6.78. The molecule has 1 aliphatic carbocycles. The van der Waals surface area contributed by atoms with Crippen molar-refractivity contribution in [3.63, 3.8) is 0 Å². The minimum Gasteiger partial charge on any atom is -0.326 e. The van der Waals surface area contributed by atoms with Gasteiger partial charge < -0.3 is 5.73 Å². The quantitative estimate of drug-likeness (QED) is 0.624. The molecule has 1 saturated carbocycles. The molecule has 0 unspecified atom stereocenters. The zero-order valence-electron chi connectivity index (χ0n) is 12.0. The van der Waals surface area contributed by atoms with Gasteiger partial charge >= 0.3 is 0 Å². The van der Waals surface area contributed by atoms with Crippen LogP contribution in [0.25, 0.3) is 0 Å². The van der Waals surface area contributed by atoms with E-state index in [1.165, 1.54) is 12.8 Å². The molecule has 0 amide bonds. The average molecular weight is 301 g/mol. The number of rotatable bonds is 8. The van der Waals surface area contributed by atoms with E-state index in [9.17, 15) is 8.42 Å². The van der Waals surface area contributed by atoms with Crippen molar-refractivity contribution in [2.75, 3.05) is 19.6 Å². The Morgan fingerprint density at radius 1 is 1.50 bits per heavy atom. The van der Waals surface area contributed by atoms with Crippen molar-refractivity contribution in [3.05, 3.63) is 11.3 Å². The van der Waals surface area contributed by atoms with Gasteiger partial charge in [-0.25, -0.2) is 13.1 Å². The molecule has 0 aliphatic heterocycles. The monoisotopic (exact) mass is 301 g/mol. The Labute approximate surface area is 120 Å². The summed E-state index contributed by atoms with van der Waals surface area (Å²) in [6.07, 6.45) is 2.44. The SMILES string of the molecule is CCN(CCNS(=O)(=O)c1n[nH]c(C)c1CN)C1CC1. The van der Waals surface area contributed by atoms with Crippen LogP contribution < -0.4 is 10.5 Å². The molecule has 7 nitrogen and oxygen atoms in total. The average Bonchev–Trinajstić information content (AvgIpc) is 3.17. The second kappa shape index (κ2) is 6.21. The third kappa shape index (κ3) is 3.38. The van der Waals surface area contributed by atoms with Crippen molar-refractivity contribution in [2.24, 2.45) is 5.73 Å². The van der Waals surface area contributed by atoms with Crippen LogP contribution >= 0.6 is 0 Å². The highest BCUT2D eigenvalue weighted by Gasteiger charge is 2.28. The molecule has 1 heterocycles. The van der Waals surface area contributed by atoms with Gasteiger partial charge in [0.1, 0.15) is 0 Å². The minimum absolute atomic E-state index is 0.0203. The van der Waals surface area contributed by atoms with E-state index < -0.39 is 10.0 Å². The van der Waals surface area contributed by atoms with Crippen LogP contribution in [0.1, 0.15) is 31.0 Å². The number of nitrogens with one attached hydrogen (secondary N) is 2. The van der Waals surface area contributed by atoms with Crippen molar-refractivity contribution >= 4 is 10.0 Å². The molecule has 1 aliphatic rings. The van der Waals surface area contributed by atoms with Crippen LogP contribution in [-0.4, -0.2) is 49.2 Å². The molecule has 20 heavy (non-hydrogen) atoms. The van der Waals surface area contributed by atoms with Crippen LogP contribution in [0.5, 0.6) is 0 Å². The second-order valence-electron chi connectivity index (χ2n) is 5.09. The Bertz CT molecular complexity index is 550. The highest BCUT2D eigenvalue weighted by atomic mass is 32.2. The van der Waals surface area contributed by atoms with E-state index in [1.54, 1.807) is 6.92 Å². The predicted octanol–water partition coefficient (Wildman–Crippen LogP) is -0.0606. The molecule has 0 bridgehead atoms. The fraction of sp³-hybridized carbons (Fsp3) is 0.750. The normalized spacial score (nSPS) is 16.0. The van der Waals surface area contributed by atoms with E-state index in [4.69, 9.17) is 5.73 Å². The summed E-state index contributed by atoms with van der Waals surface area (Å²) < 4.78 is 27.0. The Morgan fingerprint density at radius 3 is 2.75 bits per heavy atom. The molecule has 2 rings (SSSR count). The predicted molar refractivity (Wildman–Crippen MR) is 76.7 cm³/mol. The minimum atomic E-state index is -3.59. The van der Waals surface area contributed by atoms with Gasteiger partial charge in [-0.3, -0.25) is 10.00 Å². The van der Waals surface area contributed by atoms with Crippen LogP contribution in [0, 0.1) is 6.92 Å². The molecular weight excluding hydrogens is 278 g/mol. The number of aromatic nitrogens is 2. The molecule has 4 N–H and O–H groups in total. The van der Waals surface area contributed by atoms with Crippen molar-refractivity contribution in [2.45, 2.75) is 44.3 Å². The van der Waals surface area contributed by atoms with Crippen molar-refractivity contribution in [1.82, 2.24) is 19.8 Å². The zero-order valence-corrected chi connectivity index (χ0v) is 12.8. The number of nitrogens with zero attached hydrogens (tertiary/aromatic N) is 2. The molecule has 0 atom stereocenters. The summed E-state index contributed by atoms with van der Waals surface area (Å²) in [7, 11) is -3.59. The Kier molecular flexibility index (Phi) is 4.79. The highest BCUT2D eigenvalue weighted by molar-refractivity contribution is 7.89.